The van der Waals surface area contributed by atoms with E-state index in [1.807, 2.05) is 6.92 Å². The van der Waals surface area contributed by atoms with Crippen LogP contribution in [-0.2, 0) is 9.53 Å². The van der Waals surface area contributed by atoms with Crippen molar-refractivity contribution >= 4 is 5.91 Å². The van der Waals surface area contributed by atoms with Gasteiger partial charge in [0.1, 0.15) is 0 Å². The van der Waals surface area contributed by atoms with Gasteiger partial charge in [-0.05, 0) is 20.3 Å². The summed E-state index contributed by atoms with van der Waals surface area (Å²) in [5.41, 5.74) is 0. The maximum absolute atomic E-state index is 12.1. The van der Waals surface area contributed by atoms with E-state index in [2.05, 4.69) is 24.1 Å². The molecule has 1 aliphatic rings. The van der Waals surface area contributed by atoms with Crippen LogP contribution in [0.4, 0.5) is 0 Å². The van der Waals surface area contributed by atoms with Gasteiger partial charge in [-0.1, -0.05) is 19.8 Å². The first kappa shape index (κ1) is 16.4. The first-order valence-electron chi connectivity index (χ1n) is 7.36. The van der Waals surface area contributed by atoms with Crippen LogP contribution >= 0.6 is 0 Å². The van der Waals surface area contributed by atoms with Crippen molar-refractivity contribution in [1.82, 2.24) is 10.2 Å². The van der Waals surface area contributed by atoms with Crippen molar-refractivity contribution < 1.29 is 14.6 Å². The minimum Gasteiger partial charge on any atom is -0.394 e. The lowest BCUT2D eigenvalue weighted by atomic mass is 10.1. The highest BCUT2D eigenvalue weighted by atomic mass is 16.5. The van der Waals surface area contributed by atoms with E-state index in [0.29, 0.717) is 13.2 Å². The molecule has 0 bridgehead atoms. The van der Waals surface area contributed by atoms with Gasteiger partial charge in [-0.15, -0.1) is 0 Å². The van der Waals surface area contributed by atoms with Crippen LogP contribution in [0.15, 0.2) is 0 Å². The van der Waals surface area contributed by atoms with Gasteiger partial charge in [0.25, 0.3) is 0 Å². The molecule has 3 atom stereocenters. The molecular weight excluding hydrogens is 244 g/mol. The third-order valence-corrected chi connectivity index (χ3v) is 3.71. The number of ether oxygens (including phenoxy) is 1. The van der Waals surface area contributed by atoms with Crippen molar-refractivity contribution in [1.29, 1.82) is 0 Å². The van der Waals surface area contributed by atoms with Gasteiger partial charge < -0.3 is 15.2 Å². The number of rotatable bonds is 7. The van der Waals surface area contributed by atoms with Crippen molar-refractivity contribution in [3.63, 3.8) is 0 Å². The topological polar surface area (TPSA) is 61.8 Å². The number of aliphatic hydroxyl groups excluding tert-OH is 1. The number of amides is 1. The number of hydrogen-bond donors (Lipinski definition) is 2. The van der Waals surface area contributed by atoms with Crippen molar-refractivity contribution in [2.24, 2.45) is 0 Å². The van der Waals surface area contributed by atoms with Gasteiger partial charge in [-0.25, -0.2) is 0 Å². The van der Waals surface area contributed by atoms with E-state index in [9.17, 15) is 4.79 Å². The zero-order chi connectivity index (χ0) is 14.3. The van der Waals surface area contributed by atoms with Gasteiger partial charge in [-0.3, -0.25) is 9.69 Å². The maximum atomic E-state index is 12.1. The number of aliphatic hydroxyl groups is 1. The highest BCUT2D eigenvalue weighted by Gasteiger charge is 2.31. The third-order valence-electron chi connectivity index (χ3n) is 3.71. The van der Waals surface area contributed by atoms with Crippen molar-refractivity contribution in [3.05, 3.63) is 0 Å². The molecule has 0 radical (unpaired) electrons. The quantitative estimate of drug-likeness (QED) is 0.672. The Morgan fingerprint density at radius 1 is 1.53 bits per heavy atom. The molecule has 5 heteroatoms. The molecule has 1 fully saturated rings. The second-order valence-electron chi connectivity index (χ2n) is 5.36. The minimum absolute atomic E-state index is 0.00800. The van der Waals surface area contributed by atoms with Crippen LogP contribution in [0.3, 0.4) is 0 Å². The number of morpholine rings is 1. The number of hydrogen-bond acceptors (Lipinski definition) is 4. The van der Waals surface area contributed by atoms with Gasteiger partial charge in [-0.2, -0.15) is 0 Å². The number of unbranched alkanes of at least 4 members (excludes halogenated alkanes) is 2. The Hall–Kier alpha value is -0.650. The summed E-state index contributed by atoms with van der Waals surface area (Å²) in [7, 11) is 0. The molecule has 19 heavy (non-hydrogen) atoms. The Morgan fingerprint density at radius 3 is 2.89 bits per heavy atom. The molecule has 2 N–H and O–H groups in total. The summed E-state index contributed by atoms with van der Waals surface area (Å²) in [6.07, 6.45) is 3.16. The zero-order valence-electron chi connectivity index (χ0n) is 12.4. The van der Waals surface area contributed by atoms with E-state index in [-0.39, 0.29) is 30.7 Å². The van der Waals surface area contributed by atoms with Gasteiger partial charge in [0.15, 0.2) is 0 Å². The van der Waals surface area contributed by atoms with Crippen molar-refractivity contribution in [2.45, 2.75) is 58.2 Å². The van der Waals surface area contributed by atoms with Gasteiger partial charge in [0.05, 0.1) is 25.4 Å². The lowest BCUT2D eigenvalue weighted by Crippen LogP contribution is -2.57. The molecular formula is C14H28N2O3. The predicted molar refractivity (Wildman–Crippen MR) is 75.0 cm³/mol. The molecule has 1 heterocycles. The standard InChI is InChI=1S/C14H28N2O3/c1-4-5-6-7-15-14(18)12(3)16-8-13(9-17)19-10-11(16)2/h11-13,17H,4-10H2,1-3H3,(H,15,18). The predicted octanol–water partition coefficient (Wildman–Crippen LogP) is 0.763. The fraction of sp³-hybridized carbons (Fsp3) is 0.929. The molecule has 1 amide bonds. The first-order valence-corrected chi connectivity index (χ1v) is 7.36. The monoisotopic (exact) mass is 272 g/mol. The number of carbonyl (C=O) groups is 1. The SMILES string of the molecule is CCCCCNC(=O)C(C)N1CC(CO)OCC1C. The van der Waals surface area contributed by atoms with Crippen LogP contribution in [0.25, 0.3) is 0 Å². The van der Waals surface area contributed by atoms with Crippen LogP contribution in [0.1, 0.15) is 40.0 Å². The smallest absolute Gasteiger partial charge is 0.237 e. The highest BCUT2D eigenvalue weighted by molar-refractivity contribution is 5.81. The van der Waals surface area contributed by atoms with E-state index < -0.39 is 0 Å². The summed E-state index contributed by atoms with van der Waals surface area (Å²) in [5.74, 6) is 0.0709. The summed E-state index contributed by atoms with van der Waals surface area (Å²) in [6, 6.07) is 0.0359. The molecule has 0 spiro atoms. The third kappa shape index (κ3) is 5.09. The van der Waals surface area contributed by atoms with Gasteiger partial charge in [0, 0.05) is 19.1 Å². The van der Waals surface area contributed by atoms with Gasteiger partial charge in [0.2, 0.25) is 5.91 Å². The first-order chi connectivity index (χ1) is 9.10. The summed E-state index contributed by atoms with van der Waals surface area (Å²) >= 11 is 0. The second-order valence-corrected chi connectivity index (χ2v) is 5.36. The maximum Gasteiger partial charge on any atom is 0.237 e. The summed E-state index contributed by atoms with van der Waals surface area (Å²) in [5, 5.41) is 12.1. The van der Waals surface area contributed by atoms with Crippen LogP contribution < -0.4 is 5.32 Å². The fourth-order valence-corrected chi connectivity index (χ4v) is 2.37. The summed E-state index contributed by atoms with van der Waals surface area (Å²) in [6.45, 7) is 8.06. The molecule has 0 aliphatic carbocycles. The second kappa shape index (κ2) is 8.51. The van der Waals surface area contributed by atoms with Crippen molar-refractivity contribution in [2.75, 3.05) is 26.3 Å². The molecule has 1 saturated heterocycles. The molecule has 112 valence electrons. The Kier molecular flexibility index (Phi) is 7.34. The van der Waals surface area contributed by atoms with Crippen LogP contribution in [-0.4, -0.2) is 60.4 Å². The van der Waals surface area contributed by atoms with E-state index >= 15 is 0 Å². The summed E-state index contributed by atoms with van der Waals surface area (Å²) < 4.78 is 5.49. The van der Waals surface area contributed by atoms with Crippen LogP contribution in [0.2, 0.25) is 0 Å². The Morgan fingerprint density at radius 2 is 2.26 bits per heavy atom. The Labute approximate surface area is 116 Å². The molecule has 0 aromatic rings. The normalized spacial score (nSPS) is 26.1. The molecule has 0 aromatic carbocycles. The Balaban J connectivity index is 2.40. The molecule has 0 aromatic heterocycles. The number of nitrogens with zero attached hydrogens (tertiary/aromatic N) is 1. The van der Waals surface area contributed by atoms with Gasteiger partial charge >= 0.3 is 0 Å². The van der Waals surface area contributed by atoms with E-state index in [4.69, 9.17) is 9.84 Å². The molecule has 5 nitrogen and oxygen atoms in total. The molecule has 1 rings (SSSR count). The van der Waals surface area contributed by atoms with E-state index in [1.54, 1.807) is 0 Å². The molecule has 0 saturated carbocycles. The lowest BCUT2D eigenvalue weighted by Gasteiger charge is -2.40. The highest BCUT2D eigenvalue weighted by Crippen LogP contribution is 2.15. The van der Waals surface area contributed by atoms with Crippen molar-refractivity contribution in [3.8, 4) is 0 Å². The van der Waals surface area contributed by atoms with E-state index in [0.717, 1.165) is 25.8 Å². The number of carbonyl (C=O) groups excluding carboxylic acids is 1. The number of nitrogens with one attached hydrogen (secondary N) is 1. The molecule has 1 aliphatic heterocycles. The minimum atomic E-state index is -0.174. The average molecular weight is 272 g/mol. The van der Waals surface area contributed by atoms with Crippen LogP contribution in [0.5, 0.6) is 0 Å². The zero-order valence-corrected chi connectivity index (χ0v) is 12.4. The van der Waals surface area contributed by atoms with E-state index in [1.165, 1.54) is 0 Å². The Bertz CT molecular complexity index is 273. The fourth-order valence-electron chi connectivity index (χ4n) is 2.37. The largest absolute Gasteiger partial charge is 0.394 e. The lowest BCUT2D eigenvalue weighted by molar-refractivity contribution is -0.134. The summed E-state index contributed by atoms with van der Waals surface area (Å²) in [4.78, 5) is 14.2. The average Bonchev–Trinajstić information content (AvgIpc) is 2.43. The molecule has 3 unspecified atom stereocenters. The van der Waals surface area contributed by atoms with Crippen LogP contribution in [0, 0.1) is 0 Å².